The fourth-order valence-corrected chi connectivity index (χ4v) is 4.85. The third-order valence-electron chi connectivity index (χ3n) is 6.37. The highest BCUT2D eigenvalue weighted by molar-refractivity contribution is 6.31. The molecule has 2 aromatic heterocycles. The number of carbonyl (C=O) groups is 1. The molecule has 2 aromatic carbocycles. The molecule has 34 heavy (non-hydrogen) atoms. The number of carboxylic acid groups (broad SMARTS) is 1. The van der Waals surface area contributed by atoms with E-state index in [1.165, 1.54) is 6.07 Å². The Morgan fingerprint density at radius 2 is 1.91 bits per heavy atom. The molecule has 1 aliphatic heterocycles. The summed E-state index contributed by atoms with van der Waals surface area (Å²) >= 11 is 6.16. The molecule has 1 atom stereocenters. The lowest BCUT2D eigenvalue weighted by Crippen LogP contribution is -2.50. The van der Waals surface area contributed by atoms with Crippen LogP contribution in [0.4, 0.5) is 5.69 Å². The number of halogens is 1. The van der Waals surface area contributed by atoms with Crippen LogP contribution in [0, 0.1) is 0 Å². The molecule has 0 aliphatic carbocycles. The van der Waals surface area contributed by atoms with Crippen LogP contribution in [0.3, 0.4) is 0 Å². The normalized spacial score (nSPS) is 16.1. The Labute approximate surface area is 200 Å². The number of aromatic nitrogens is 1. The van der Waals surface area contributed by atoms with Crippen LogP contribution in [0.15, 0.2) is 63.9 Å². The van der Waals surface area contributed by atoms with Gasteiger partial charge >= 0.3 is 11.6 Å². The predicted octanol–water partition coefficient (Wildman–Crippen LogP) is 3.78. The summed E-state index contributed by atoms with van der Waals surface area (Å²) in [6, 6.07) is 13.7. The fraction of sp³-hybridized carbons (Fsp3) is 0.280. The van der Waals surface area contributed by atoms with Crippen molar-refractivity contribution in [3.8, 4) is 0 Å². The van der Waals surface area contributed by atoms with E-state index in [0.717, 1.165) is 47.2 Å². The van der Waals surface area contributed by atoms with Crippen molar-refractivity contribution in [2.75, 3.05) is 44.6 Å². The smallest absolute Gasteiger partial charge is 0.338 e. The van der Waals surface area contributed by atoms with Crippen molar-refractivity contribution in [2.24, 2.45) is 0 Å². The van der Waals surface area contributed by atoms with Crippen molar-refractivity contribution in [1.82, 2.24) is 14.8 Å². The Kier molecular flexibility index (Phi) is 6.28. The zero-order chi connectivity index (χ0) is 23.7. The number of aliphatic carboxylic acids is 1. The monoisotopic (exact) mass is 480 g/mol. The van der Waals surface area contributed by atoms with Gasteiger partial charge in [-0.15, -0.1) is 0 Å². The summed E-state index contributed by atoms with van der Waals surface area (Å²) in [4.78, 5) is 31.5. The number of H-pyrrole nitrogens is 1. The number of nitrogens with zero attached hydrogens (tertiary/aromatic N) is 2. The second kappa shape index (κ2) is 9.50. The standard InChI is InChI=1S/C25H25ClN4O4/c26-16-5-6-20-18(13-16)19(15-28-20)24(25(32)33)30-11-9-29(10-12-30)8-7-27-21-14-23(31)34-22-4-2-1-3-17(21)22/h1-6,13-15,24,27-28H,7-12H2,(H,32,33)/t24-/m0/s1. The molecule has 0 bridgehead atoms. The van der Waals surface area contributed by atoms with Gasteiger partial charge in [-0.1, -0.05) is 23.7 Å². The van der Waals surface area contributed by atoms with E-state index in [0.29, 0.717) is 30.2 Å². The average Bonchev–Trinajstić information content (AvgIpc) is 3.22. The Morgan fingerprint density at radius 3 is 2.71 bits per heavy atom. The molecule has 9 heteroatoms. The Bertz CT molecular complexity index is 1390. The molecule has 0 saturated carbocycles. The van der Waals surface area contributed by atoms with Gasteiger partial charge in [0.25, 0.3) is 0 Å². The van der Waals surface area contributed by atoms with Crippen LogP contribution in [0.1, 0.15) is 11.6 Å². The minimum atomic E-state index is -0.870. The maximum Gasteiger partial charge on any atom is 0.338 e. The van der Waals surface area contributed by atoms with Crippen molar-refractivity contribution >= 4 is 45.1 Å². The van der Waals surface area contributed by atoms with E-state index >= 15 is 0 Å². The second-order valence-corrected chi connectivity index (χ2v) is 8.89. The number of rotatable bonds is 7. The quantitative estimate of drug-likeness (QED) is 0.346. The molecule has 1 fully saturated rings. The molecule has 0 spiro atoms. The first-order valence-electron chi connectivity index (χ1n) is 11.2. The number of anilines is 1. The summed E-state index contributed by atoms with van der Waals surface area (Å²) in [5.41, 5.74) is 2.54. The fourth-order valence-electron chi connectivity index (χ4n) is 4.68. The van der Waals surface area contributed by atoms with Crippen molar-refractivity contribution in [1.29, 1.82) is 0 Å². The zero-order valence-electron chi connectivity index (χ0n) is 18.5. The van der Waals surface area contributed by atoms with Gasteiger partial charge < -0.3 is 19.8 Å². The Morgan fingerprint density at radius 1 is 1.12 bits per heavy atom. The van der Waals surface area contributed by atoms with Gasteiger partial charge in [0.15, 0.2) is 0 Å². The minimum Gasteiger partial charge on any atom is -0.480 e. The lowest BCUT2D eigenvalue weighted by molar-refractivity contribution is -0.144. The van der Waals surface area contributed by atoms with Gasteiger partial charge in [0, 0.05) is 78.4 Å². The first-order valence-corrected chi connectivity index (χ1v) is 11.6. The van der Waals surface area contributed by atoms with Crippen LogP contribution in [0.2, 0.25) is 5.02 Å². The van der Waals surface area contributed by atoms with Crippen LogP contribution >= 0.6 is 11.6 Å². The van der Waals surface area contributed by atoms with Gasteiger partial charge in [0.05, 0.1) is 5.69 Å². The van der Waals surface area contributed by atoms with E-state index in [1.807, 2.05) is 35.2 Å². The van der Waals surface area contributed by atoms with Crippen LogP contribution in [-0.2, 0) is 4.79 Å². The lowest BCUT2D eigenvalue weighted by atomic mass is 10.0. The lowest BCUT2D eigenvalue weighted by Gasteiger charge is -2.37. The molecule has 3 N–H and O–H groups in total. The van der Waals surface area contributed by atoms with Crippen LogP contribution < -0.4 is 10.9 Å². The van der Waals surface area contributed by atoms with Gasteiger partial charge in [-0.2, -0.15) is 0 Å². The van der Waals surface area contributed by atoms with E-state index in [1.54, 1.807) is 18.3 Å². The van der Waals surface area contributed by atoms with Crippen molar-refractivity contribution in [3.05, 3.63) is 75.7 Å². The third kappa shape index (κ3) is 4.52. The first-order chi connectivity index (χ1) is 16.5. The van der Waals surface area contributed by atoms with E-state index in [9.17, 15) is 14.7 Å². The highest BCUT2D eigenvalue weighted by atomic mass is 35.5. The van der Waals surface area contributed by atoms with Crippen molar-refractivity contribution in [2.45, 2.75) is 6.04 Å². The van der Waals surface area contributed by atoms with Gasteiger partial charge in [-0.25, -0.2) is 4.79 Å². The van der Waals surface area contributed by atoms with E-state index in [-0.39, 0.29) is 5.63 Å². The maximum atomic E-state index is 12.2. The Hall–Kier alpha value is -3.33. The van der Waals surface area contributed by atoms with Crippen LogP contribution in [0.25, 0.3) is 21.9 Å². The summed E-state index contributed by atoms with van der Waals surface area (Å²) in [7, 11) is 0. The predicted molar refractivity (Wildman–Crippen MR) is 133 cm³/mol. The molecule has 8 nitrogen and oxygen atoms in total. The first kappa shape index (κ1) is 22.5. The SMILES string of the molecule is O=C(O)[C@H](c1c[nH]c2ccc(Cl)cc12)N1CCN(CCNc2cc(=O)oc3ccccc23)CC1. The Balaban J connectivity index is 1.22. The molecule has 0 radical (unpaired) electrons. The number of hydrogen-bond donors (Lipinski definition) is 3. The molecular weight excluding hydrogens is 456 g/mol. The zero-order valence-corrected chi connectivity index (χ0v) is 19.2. The van der Waals surface area contributed by atoms with Gasteiger partial charge in [0.1, 0.15) is 11.6 Å². The number of hydrogen-bond acceptors (Lipinski definition) is 6. The summed E-state index contributed by atoms with van der Waals surface area (Å²) in [6.07, 6.45) is 1.77. The number of benzene rings is 2. The highest BCUT2D eigenvalue weighted by Gasteiger charge is 2.32. The second-order valence-electron chi connectivity index (χ2n) is 8.45. The molecule has 4 aromatic rings. The number of aromatic amines is 1. The molecule has 176 valence electrons. The summed E-state index contributed by atoms with van der Waals surface area (Å²) in [5, 5.41) is 15.7. The van der Waals surface area contributed by atoms with E-state index in [4.69, 9.17) is 16.0 Å². The van der Waals surface area contributed by atoms with Gasteiger partial charge in [0.2, 0.25) is 0 Å². The number of carboxylic acids is 1. The summed E-state index contributed by atoms with van der Waals surface area (Å²) in [5.74, 6) is -0.870. The van der Waals surface area contributed by atoms with E-state index in [2.05, 4.69) is 15.2 Å². The molecule has 0 unspecified atom stereocenters. The highest BCUT2D eigenvalue weighted by Crippen LogP contribution is 2.31. The molecule has 0 amide bonds. The van der Waals surface area contributed by atoms with Crippen LogP contribution in [-0.4, -0.2) is 65.1 Å². The van der Waals surface area contributed by atoms with Crippen molar-refractivity contribution < 1.29 is 14.3 Å². The van der Waals surface area contributed by atoms with Gasteiger partial charge in [-0.05, 0) is 30.3 Å². The molecule has 5 rings (SSSR count). The third-order valence-corrected chi connectivity index (χ3v) is 6.60. The largest absolute Gasteiger partial charge is 0.480 e. The van der Waals surface area contributed by atoms with Crippen LogP contribution in [0.5, 0.6) is 0 Å². The van der Waals surface area contributed by atoms with E-state index < -0.39 is 12.0 Å². The van der Waals surface area contributed by atoms with Crippen molar-refractivity contribution in [3.63, 3.8) is 0 Å². The maximum absolute atomic E-state index is 12.2. The molecule has 1 saturated heterocycles. The number of piperazine rings is 1. The summed E-state index contributed by atoms with van der Waals surface area (Å²) < 4.78 is 5.25. The number of fused-ring (bicyclic) bond motifs is 2. The molecule has 1 aliphatic rings. The van der Waals surface area contributed by atoms with Gasteiger partial charge in [-0.3, -0.25) is 14.6 Å². The average molecular weight is 481 g/mol. The summed E-state index contributed by atoms with van der Waals surface area (Å²) in [6.45, 7) is 4.24. The number of nitrogens with one attached hydrogen (secondary N) is 2. The molecular formula is C25H25ClN4O4. The number of para-hydroxylation sites is 1. The molecule has 3 heterocycles. The topological polar surface area (TPSA) is 102 Å². The minimum absolute atomic E-state index is 0.381.